The molecule has 3 heterocycles. The van der Waals surface area contributed by atoms with E-state index in [1.165, 1.54) is 0 Å². The summed E-state index contributed by atoms with van der Waals surface area (Å²) >= 11 is 5.86. The fourth-order valence-electron chi connectivity index (χ4n) is 1.88. The molecule has 0 aromatic carbocycles. The van der Waals surface area contributed by atoms with Crippen molar-refractivity contribution < 1.29 is 0 Å². The molecule has 0 aliphatic heterocycles. The Labute approximate surface area is 109 Å². The number of pyridine rings is 1. The third-order valence-corrected chi connectivity index (χ3v) is 3.04. The van der Waals surface area contributed by atoms with Crippen LogP contribution in [0.15, 0.2) is 30.7 Å². The first-order valence-corrected chi connectivity index (χ1v) is 6.09. The van der Waals surface area contributed by atoms with E-state index in [4.69, 9.17) is 11.6 Å². The Bertz CT molecular complexity index is 705. The lowest BCUT2D eigenvalue weighted by Gasteiger charge is -1.99. The van der Waals surface area contributed by atoms with Crippen LogP contribution < -0.4 is 0 Å². The van der Waals surface area contributed by atoms with E-state index in [-0.39, 0.29) is 0 Å². The van der Waals surface area contributed by atoms with Crippen LogP contribution in [0.2, 0.25) is 5.15 Å². The van der Waals surface area contributed by atoms with Crippen molar-refractivity contribution in [1.82, 2.24) is 19.9 Å². The van der Waals surface area contributed by atoms with E-state index in [1.54, 1.807) is 12.5 Å². The van der Waals surface area contributed by atoms with E-state index in [1.807, 2.05) is 18.2 Å². The molecule has 0 radical (unpaired) electrons. The van der Waals surface area contributed by atoms with E-state index < -0.39 is 0 Å². The summed E-state index contributed by atoms with van der Waals surface area (Å²) in [5.74, 6) is 0. The normalized spacial score (nSPS) is 11.0. The molecule has 90 valence electrons. The van der Waals surface area contributed by atoms with Crippen LogP contribution in [-0.2, 0) is 6.42 Å². The molecule has 0 saturated carbocycles. The molecule has 0 amide bonds. The summed E-state index contributed by atoms with van der Waals surface area (Å²) in [6.07, 6.45) is 4.23. The standard InChI is InChI=1S/C13H11ClN4/c1-2-9-4-11(17-7-16-9)12-3-8-6-15-13(14)5-10(8)18-12/h3-7,18H,2H2,1H3. The maximum absolute atomic E-state index is 5.86. The lowest BCUT2D eigenvalue weighted by molar-refractivity contribution is 0.999. The van der Waals surface area contributed by atoms with Gasteiger partial charge in [0.05, 0.1) is 16.9 Å². The zero-order chi connectivity index (χ0) is 12.5. The van der Waals surface area contributed by atoms with E-state index in [0.717, 1.165) is 34.4 Å². The minimum atomic E-state index is 0.479. The zero-order valence-corrected chi connectivity index (χ0v) is 10.6. The van der Waals surface area contributed by atoms with Crippen LogP contribution in [0, 0.1) is 0 Å². The number of rotatable bonds is 2. The van der Waals surface area contributed by atoms with Gasteiger partial charge in [0.2, 0.25) is 0 Å². The van der Waals surface area contributed by atoms with Crippen molar-refractivity contribution in [3.05, 3.63) is 41.6 Å². The van der Waals surface area contributed by atoms with Gasteiger partial charge in [-0.2, -0.15) is 0 Å². The SMILES string of the molecule is CCc1cc(-c2cc3cnc(Cl)cc3[nH]2)ncn1. The summed E-state index contributed by atoms with van der Waals surface area (Å²) in [4.78, 5) is 15.8. The smallest absolute Gasteiger partial charge is 0.131 e. The van der Waals surface area contributed by atoms with Gasteiger partial charge in [0, 0.05) is 17.3 Å². The van der Waals surface area contributed by atoms with Crippen molar-refractivity contribution in [2.45, 2.75) is 13.3 Å². The maximum Gasteiger partial charge on any atom is 0.131 e. The Morgan fingerprint density at radius 1 is 1.17 bits per heavy atom. The molecular formula is C13H11ClN4. The molecule has 0 atom stereocenters. The van der Waals surface area contributed by atoms with Crippen LogP contribution in [0.1, 0.15) is 12.6 Å². The fraction of sp³-hybridized carbons (Fsp3) is 0.154. The van der Waals surface area contributed by atoms with Crippen LogP contribution >= 0.6 is 11.6 Å². The van der Waals surface area contributed by atoms with Crippen molar-refractivity contribution in [1.29, 1.82) is 0 Å². The van der Waals surface area contributed by atoms with Crippen LogP contribution in [0.3, 0.4) is 0 Å². The number of H-pyrrole nitrogens is 1. The molecule has 3 aromatic rings. The third kappa shape index (κ3) is 1.95. The molecule has 3 aromatic heterocycles. The van der Waals surface area contributed by atoms with Gasteiger partial charge in [0.1, 0.15) is 11.5 Å². The molecule has 0 aliphatic carbocycles. The number of aromatic nitrogens is 4. The predicted molar refractivity (Wildman–Crippen MR) is 71.5 cm³/mol. The Morgan fingerprint density at radius 2 is 2.06 bits per heavy atom. The van der Waals surface area contributed by atoms with E-state index in [2.05, 4.69) is 26.9 Å². The number of fused-ring (bicyclic) bond motifs is 1. The Kier molecular flexibility index (Phi) is 2.72. The van der Waals surface area contributed by atoms with Crippen LogP contribution in [0.4, 0.5) is 0 Å². The molecule has 0 spiro atoms. The predicted octanol–water partition coefficient (Wildman–Crippen LogP) is 3.24. The van der Waals surface area contributed by atoms with Gasteiger partial charge in [0.25, 0.3) is 0 Å². The molecule has 0 fully saturated rings. The lowest BCUT2D eigenvalue weighted by Crippen LogP contribution is -1.91. The van der Waals surface area contributed by atoms with Crippen molar-refractivity contribution in [2.75, 3.05) is 0 Å². The van der Waals surface area contributed by atoms with Gasteiger partial charge in [-0.3, -0.25) is 0 Å². The molecule has 18 heavy (non-hydrogen) atoms. The van der Waals surface area contributed by atoms with E-state index in [9.17, 15) is 0 Å². The van der Waals surface area contributed by atoms with Gasteiger partial charge in [0.15, 0.2) is 0 Å². The minimum Gasteiger partial charge on any atom is -0.353 e. The number of halogens is 1. The molecule has 0 bridgehead atoms. The zero-order valence-electron chi connectivity index (χ0n) is 9.81. The van der Waals surface area contributed by atoms with Crippen molar-refractivity contribution in [2.24, 2.45) is 0 Å². The number of hydrogen-bond donors (Lipinski definition) is 1. The lowest BCUT2D eigenvalue weighted by atomic mass is 10.2. The highest BCUT2D eigenvalue weighted by molar-refractivity contribution is 6.30. The molecule has 0 saturated heterocycles. The van der Waals surface area contributed by atoms with Gasteiger partial charge in [-0.05, 0) is 24.6 Å². The summed E-state index contributed by atoms with van der Waals surface area (Å²) in [5, 5.41) is 1.50. The summed E-state index contributed by atoms with van der Waals surface area (Å²) in [7, 11) is 0. The van der Waals surface area contributed by atoms with Gasteiger partial charge in [-0.15, -0.1) is 0 Å². The topological polar surface area (TPSA) is 54.5 Å². The van der Waals surface area contributed by atoms with Crippen molar-refractivity contribution in [3.63, 3.8) is 0 Å². The quantitative estimate of drug-likeness (QED) is 0.718. The van der Waals surface area contributed by atoms with Gasteiger partial charge in [-0.1, -0.05) is 18.5 Å². The molecule has 1 N–H and O–H groups in total. The second kappa shape index (κ2) is 4.38. The maximum atomic E-state index is 5.86. The molecule has 4 nitrogen and oxygen atoms in total. The summed E-state index contributed by atoms with van der Waals surface area (Å²) in [6, 6.07) is 5.81. The van der Waals surface area contributed by atoms with Crippen molar-refractivity contribution >= 4 is 22.5 Å². The van der Waals surface area contributed by atoms with E-state index in [0.29, 0.717) is 5.15 Å². The first-order valence-electron chi connectivity index (χ1n) is 5.72. The minimum absolute atomic E-state index is 0.479. The highest BCUT2D eigenvalue weighted by atomic mass is 35.5. The Morgan fingerprint density at radius 3 is 2.89 bits per heavy atom. The highest BCUT2D eigenvalue weighted by Crippen LogP contribution is 2.23. The third-order valence-electron chi connectivity index (χ3n) is 2.83. The fourth-order valence-corrected chi connectivity index (χ4v) is 2.03. The largest absolute Gasteiger partial charge is 0.353 e. The average molecular weight is 259 g/mol. The van der Waals surface area contributed by atoms with Crippen LogP contribution in [-0.4, -0.2) is 19.9 Å². The average Bonchev–Trinajstić information content (AvgIpc) is 2.81. The first-order chi connectivity index (χ1) is 8.76. The summed E-state index contributed by atoms with van der Waals surface area (Å²) in [5.41, 5.74) is 3.82. The molecule has 3 rings (SSSR count). The van der Waals surface area contributed by atoms with Crippen LogP contribution in [0.5, 0.6) is 0 Å². The summed E-state index contributed by atoms with van der Waals surface area (Å²) in [6.45, 7) is 2.07. The second-order valence-corrected chi connectivity index (χ2v) is 4.41. The van der Waals surface area contributed by atoms with Gasteiger partial charge < -0.3 is 4.98 Å². The highest BCUT2D eigenvalue weighted by Gasteiger charge is 2.06. The van der Waals surface area contributed by atoms with Crippen molar-refractivity contribution in [3.8, 4) is 11.4 Å². The number of nitrogens with zero attached hydrogens (tertiary/aromatic N) is 3. The number of nitrogens with one attached hydrogen (secondary N) is 1. The van der Waals surface area contributed by atoms with E-state index >= 15 is 0 Å². The monoisotopic (exact) mass is 258 g/mol. The van der Waals surface area contributed by atoms with Crippen LogP contribution in [0.25, 0.3) is 22.3 Å². The second-order valence-electron chi connectivity index (χ2n) is 4.03. The molecule has 0 aliphatic rings. The molecular weight excluding hydrogens is 248 g/mol. The Hall–Kier alpha value is -1.94. The summed E-state index contributed by atoms with van der Waals surface area (Å²) < 4.78 is 0. The number of hydrogen-bond acceptors (Lipinski definition) is 3. The number of aromatic amines is 1. The molecule has 5 heteroatoms. The Balaban J connectivity index is 2.13. The number of aryl methyl sites for hydroxylation is 1. The first kappa shape index (κ1) is 11.2. The molecule has 0 unspecified atom stereocenters. The van der Waals surface area contributed by atoms with Gasteiger partial charge in [-0.25, -0.2) is 15.0 Å². The van der Waals surface area contributed by atoms with Gasteiger partial charge >= 0.3 is 0 Å².